The standard InChI is InChI=1S/C35H50N6O5/c1-20-14-25(42)15-21(2)27(20)18-29(36)33(44)38-12-8-6-10-31-24(5)40-32(35(46)41-31)11-7-9-13-39-34(45)30(37)19-28-22(3)16-26(43)17-23(28)4/h14-17,29-30,42-43H,6-13,18-19,36-37H2,1-5H3,(H,38,44)(H,39,45)(H,41,46)/t29-,30+/m0/s1. The summed E-state index contributed by atoms with van der Waals surface area (Å²) in [5.74, 6) is -0.0520. The van der Waals surface area contributed by atoms with Gasteiger partial charge in [0.15, 0.2) is 0 Å². The van der Waals surface area contributed by atoms with E-state index in [4.69, 9.17) is 11.5 Å². The summed E-state index contributed by atoms with van der Waals surface area (Å²) >= 11 is 0. The molecule has 0 radical (unpaired) electrons. The third-order valence-corrected chi connectivity index (χ3v) is 8.44. The van der Waals surface area contributed by atoms with Crippen LogP contribution in [-0.4, -0.2) is 57.2 Å². The molecule has 0 saturated heterocycles. The number of aromatic amines is 1. The van der Waals surface area contributed by atoms with Crippen molar-refractivity contribution >= 4 is 11.8 Å². The van der Waals surface area contributed by atoms with E-state index < -0.39 is 12.1 Å². The van der Waals surface area contributed by atoms with Gasteiger partial charge in [-0.05, 0) is 144 Å². The number of H-pyrrole nitrogens is 1. The molecule has 0 aliphatic carbocycles. The third kappa shape index (κ3) is 10.4. The number of hydrogen-bond donors (Lipinski definition) is 7. The number of amides is 2. The molecule has 11 nitrogen and oxygen atoms in total. The molecule has 0 spiro atoms. The summed E-state index contributed by atoms with van der Waals surface area (Å²) in [5.41, 5.74) is 19.7. The van der Waals surface area contributed by atoms with Crippen LogP contribution in [0.25, 0.3) is 0 Å². The molecule has 1 aromatic heterocycles. The molecule has 2 atom stereocenters. The number of nitrogens with zero attached hydrogens (tertiary/aromatic N) is 1. The Hall–Kier alpha value is -4.22. The van der Waals surface area contributed by atoms with Crippen molar-refractivity contribution in [2.75, 3.05) is 13.1 Å². The van der Waals surface area contributed by atoms with E-state index in [1.165, 1.54) is 0 Å². The zero-order chi connectivity index (χ0) is 34.0. The predicted molar refractivity (Wildman–Crippen MR) is 180 cm³/mol. The molecule has 250 valence electrons. The molecule has 0 saturated carbocycles. The summed E-state index contributed by atoms with van der Waals surface area (Å²) in [6.45, 7) is 10.4. The quantitative estimate of drug-likeness (QED) is 0.117. The van der Waals surface area contributed by atoms with Crippen LogP contribution in [0.5, 0.6) is 11.5 Å². The third-order valence-electron chi connectivity index (χ3n) is 8.44. The van der Waals surface area contributed by atoms with E-state index in [0.717, 1.165) is 57.6 Å². The number of carbonyl (C=O) groups excluding carboxylic acids is 2. The second-order valence-electron chi connectivity index (χ2n) is 12.3. The number of aromatic hydroxyl groups is 2. The Bertz CT molecular complexity index is 1540. The van der Waals surface area contributed by atoms with Crippen LogP contribution in [0.3, 0.4) is 0 Å². The summed E-state index contributed by atoms with van der Waals surface area (Å²) in [6, 6.07) is 5.30. The molecule has 46 heavy (non-hydrogen) atoms. The van der Waals surface area contributed by atoms with Crippen molar-refractivity contribution in [1.82, 2.24) is 20.6 Å². The fourth-order valence-electron chi connectivity index (χ4n) is 5.77. The highest BCUT2D eigenvalue weighted by Gasteiger charge is 2.18. The highest BCUT2D eigenvalue weighted by atomic mass is 16.3. The summed E-state index contributed by atoms with van der Waals surface area (Å²) in [4.78, 5) is 45.2. The van der Waals surface area contributed by atoms with Crippen molar-refractivity contribution < 1.29 is 19.8 Å². The summed E-state index contributed by atoms with van der Waals surface area (Å²) in [5, 5.41) is 25.2. The number of phenols is 2. The summed E-state index contributed by atoms with van der Waals surface area (Å²) in [7, 11) is 0. The minimum absolute atomic E-state index is 0.198. The number of benzene rings is 2. The maximum atomic E-state index is 12.7. The van der Waals surface area contributed by atoms with Gasteiger partial charge in [0.05, 0.1) is 17.8 Å². The molecule has 0 aliphatic heterocycles. The Balaban J connectivity index is 1.35. The first kappa shape index (κ1) is 36.3. The van der Waals surface area contributed by atoms with E-state index in [9.17, 15) is 24.6 Å². The number of rotatable bonds is 16. The lowest BCUT2D eigenvalue weighted by atomic mass is 9.96. The van der Waals surface area contributed by atoms with Gasteiger partial charge in [-0.15, -0.1) is 0 Å². The Labute approximate surface area is 271 Å². The number of unbranched alkanes of at least 4 members (excludes halogenated alkanes) is 2. The van der Waals surface area contributed by atoms with Crippen molar-refractivity contribution in [3.63, 3.8) is 0 Å². The predicted octanol–water partition coefficient (Wildman–Crippen LogP) is 2.74. The Morgan fingerprint density at radius 2 is 1.15 bits per heavy atom. The van der Waals surface area contributed by atoms with Crippen LogP contribution in [0.15, 0.2) is 29.1 Å². The van der Waals surface area contributed by atoms with Crippen molar-refractivity contribution in [3.8, 4) is 11.5 Å². The lowest BCUT2D eigenvalue weighted by Gasteiger charge is -2.16. The van der Waals surface area contributed by atoms with E-state index in [1.807, 2.05) is 34.6 Å². The van der Waals surface area contributed by atoms with Crippen LogP contribution < -0.4 is 27.7 Å². The first-order valence-corrected chi connectivity index (χ1v) is 16.0. The maximum absolute atomic E-state index is 12.7. The summed E-state index contributed by atoms with van der Waals surface area (Å²) < 4.78 is 0. The number of carbonyl (C=O) groups is 2. The van der Waals surface area contributed by atoms with Crippen molar-refractivity contribution in [2.45, 2.75) is 98.1 Å². The fraction of sp³-hybridized carbons (Fsp3) is 0.486. The van der Waals surface area contributed by atoms with Gasteiger partial charge < -0.3 is 37.3 Å². The first-order chi connectivity index (χ1) is 21.8. The van der Waals surface area contributed by atoms with Crippen LogP contribution in [-0.2, 0) is 35.3 Å². The SMILES string of the molecule is Cc1cc(O)cc(C)c1C[C@@H](N)C(=O)NCCCCc1nc(C)c(CCCCNC(=O)[C@@H](N)Cc2c(C)cc(O)cc2C)[nH]c1=O. The Morgan fingerprint density at radius 1 is 0.739 bits per heavy atom. The van der Waals surface area contributed by atoms with E-state index >= 15 is 0 Å². The highest BCUT2D eigenvalue weighted by Crippen LogP contribution is 2.23. The van der Waals surface area contributed by atoms with Gasteiger partial charge in [0.1, 0.15) is 17.2 Å². The molecule has 2 amide bonds. The lowest BCUT2D eigenvalue weighted by Crippen LogP contribution is -2.42. The maximum Gasteiger partial charge on any atom is 0.269 e. The second-order valence-corrected chi connectivity index (χ2v) is 12.3. The van der Waals surface area contributed by atoms with E-state index in [0.29, 0.717) is 57.3 Å². The molecule has 3 rings (SSSR count). The average Bonchev–Trinajstić information content (AvgIpc) is 2.97. The van der Waals surface area contributed by atoms with Gasteiger partial charge in [0, 0.05) is 18.8 Å². The van der Waals surface area contributed by atoms with Crippen LogP contribution in [0.4, 0.5) is 0 Å². The topological polar surface area (TPSA) is 196 Å². The largest absolute Gasteiger partial charge is 0.508 e. The molecule has 3 aromatic rings. The van der Waals surface area contributed by atoms with Crippen LogP contribution in [0.2, 0.25) is 0 Å². The first-order valence-electron chi connectivity index (χ1n) is 16.0. The monoisotopic (exact) mass is 634 g/mol. The van der Waals surface area contributed by atoms with Gasteiger partial charge >= 0.3 is 0 Å². The van der Waals surface area contributed by atoms with Crippen LogP contribution in [0.1, 0.15) is 76.1 Å². The van der Waals surface area contributed by atoms with Gasteiger partial charge in [0.2, 0.25) is 11.8 Å². The van der Waals surface area contributed by atoms with E-state index in [1.54, 1.807) is 24.3 Å². The Morgan fingerprint density at radius 3 is 1.59 bits per heavy atom. The van der Waals surface area contributed by atoms with Gasteiger partial charge in [0.25, 0.3) is 5.56 Å². The molecule has 0 unspecified atom stereocenters. The molecular formula is C35H50N6O5. The number of aromatic nitrogens is 2. The number of hydrogen-bond acceptors (Lipinski definition) is 8. The van der Waals surface area contributed by atoms with Crippen molar-refractivity contribution in [1.29, 1.82) is 0 Å². The Kier molecular flexibility index (Phi) is 13.3. The molecule has 0 aliphatic rings. The smallest absolute Gasteiger partial charge is 0.269 e. The van der Waals surface area contributed by atoms with Gasteiger partial charge in [-0.3, -0.25) is 19.4 Å². The zero-order valence-electron chi connectivity index (χ0n) is 27.8. The number of phenolic OH excluding ortho intramolecular Hbond substituents is 2. The highest BCUT2D eigenvalue weighted by molar-refractivity contribution is 5.82. The van der Waals surface area contributed by atoms with E-state index in [2.05, 4.69) is 20.6 Å². The van der Waals surface area contributed by atoms with Crippen LogP contribution in [0, 0.1) is 34.6 Å². The van der Waals surface area contributed by atoms with Crippen molar-refractivity contribution in [3.05, 3.63) is 85.1 Å². The molecule has 1 heterocycles. The molecule has 0 fully saturated rings. The lowest BCUT2D eigenvalue weighted by molar-refractivity contribution is -0.123. The molecule has 9 N–H and O–H groups in total. The average molecular weight is 635 g/mol. The number of nitrogens with two attached hydrogens (primary N) is 2. The minimum atomic E-state index is -0.694. The van der Waals surface area contributed by atoms with Gasteiger partial charge in [-0.2, -0.15) is 0 Å². The van der Waals surface area contributed by atoms with Gasteiger partial charge in [-0.25, -0.2) is 0 Å². The molecule has 0 bridgehead atoms. The van der Waals surface area contributed by atoms with Gasteiger partial charge in [-0.1, -0.05) is 0 Å². The molecule has 2 aromatic carbocycles. The van der Waals surface area contributed by atoms with Crippen molar-refractivity contribution in [2.24, 2.45) is 11.5 Å². The number of nitrogens with one attached hydrogen (secondary N) is 3. The molecule has 11 heteroatoms. The number of aryl methyl sites for hydroxylation is 7. The zero-order valence-corrected chi connectivity index (χ0v) is 27.8. The summed E-state index contributed by atoms with van der Waals surface area (Å²) in [6.07, 6.45) is 4.78. The second kappa shape index (κ2) is 16.9. The van der Waals surface area contributed by atoms with Crippen LogP contribution >= 0.6 is 0 Å². The fourth-order valence-corrected chi connectivity index (χ4v) is 5.77. The normalized spacial score (nSPS) is 12.5. The molecular weight excluding hydrogens is 584 g/mol. The minimum Gasteiger partial charge on any atom is -0.508 e. The van der Waals surface area contributed by atoms with E-state index in [-0.39, 0.29) is 28.9 Å².